The minimum Gasteiger partial charge on any atom is -0.496 e. The van der Waals surface area contributed by atoms with Gasteiger partial charge in [0.05, 0.1) is 13.2 Å². The minimum absolute atomic E-state index is 0.239. The predicted octanol–water partition coefficient (Wildman–Crippen LogP) is 2.25. The summed E-state index contributed by atoms with van der Waals surface area (Å²) in [5.74, 6) is 0.830. The number of benzene rings is 1. The molecule has 2 amide bonds. The summed E-state index contributed by atoms with van der Waals surface area (Å²) in [6.45, 7) is 8.57. The lowest BCUT2D eigenvalue weighted by Gasteiger charge is -2.25. The Hall–Kier alpha value is -1.75. The first-order chi connectivity index (χ1) is 10.2. The van der Waals surface area contributed by atoms with Gasteiger partial charge >= 0.3 is 6.03 Å². The third kappa shape index (κ3) is 5.93. The third-order valence-corrected chi connectivity index (χ3v) is 3.57. The van der Waals surface area contributed by atoms with Crippen LogP contribution in [-0.2, 0) is 6.42 Å². The van der Waals surface area contributed by atoms with Crippen molar-refractivity contribution in [1.29, 1.82) is 0 Å². The number of carbonyl (C=O) groups is 1. The van der Waals surface area contributed by atoms with Gasteiger partial charge in [-0.3, -0.25) is 0 Å². The summed E-state index contributed by atoms with van der Waals surface area (Å²) in [4.78, 5) is 11.7. The van der Waals surface area contributed by atoms with E-state index in [0.717, 1.165) is 16.9 Å². The van der Waals surface area contributed by atoms with E-state index in [2.05, 4.69) is 16.7 Å². The van der Waals surface area contributed by atoms with Crippen LogP contribution in [0.2, 0.25) is 0 Å². The summed E-state index contributed by atoms with van der Waals surface area (Å²) in [7, 11) is 1.64. The first-order valence-electron chi connectivity index (χ1n) is 7.57. The number of aliphatic hydroxyl groups is 1. The summed E-state index contributed by atoms with van der Waals surface area (Å²) in [6, 6.07) is 5.72. The van der Waals surface area contributed by atoms with E-state index >= 15 is 0 Å². The second-order valence-electron chi connectivity index (χ2n) is 6.58. The Balaban J connectivity index is 2.38. The smallest absolute Gasteiger partial charge is 0.314 e. The number of rotatable bonds is 6. The predicted molar refractivity (Wildman–Crippen MR) is 88.3 cm³/mol. The molecule has 124 valence electrons. The summed E-state index contributed by atoms with van der Waals surface area (Å²) in [6.07, 6.45) is 0.121. The molecule has 5 nitrogen and oxygen atoms in total. The summed E-state index contributed by atoms with van der Waals surface area (Å²) in [5.41, 5.74) is 1.98. The molecule has 1 aromatic rings. The molecular formula is C17H28N2O3. The average molecular weight is 308 g/mol. The maximum absolute atomic E-state index is 11.7. The number of methoxy groups -OCH3 is 1. The van der Waals surface area contributed by atoms with Crippen molar-refractivity contribution in [3.63, 3.8) is 0 Å². The summed E-state index contributed by atoms with van der Waals surface area (Å²) < 4.78 is 5.31. The maximum atomic E-state index is 11.7. The summed E-state index contributed by atoms with van der Waals surface area (Å²) >= 11 is 0. The third-order valence-electron chi connectivity index (χ3n) is 3.57. The number of amides is 2. The molecule has 0 heterocycles. The van der Waals surface area contributed by atoms with Crippen molar-refractivity contribution < 1.29 is 14.6 Å². The minimum atomic E-state index is -0.574. The number of urea groups is 1. The largest absolute Gasteiger partial charge is 0.496 e. The van der Waals surface area contributed by atoms with Crippen molar-refractivity contribution in [1.82, 2.24) is 10.6 Å². The van der Waals surface area contributed by atoms with E-state index in [1.165, 1.54) is 0 Å². The number of aryl methyl sites for hydroxylation is 1. The van der Waals surface area contributed by atoms with Gasteiger partial charge in [-0.2, -0.15) is 0 Å². The van der Waals surface area contributed by atoms with Crippen LogP contribution in [0, 0.1) is 12.3 Å². The highest BCUT2D eigenvalue weighted by Crippen LogP contribution is 2.20. The molecule has 0 aliphatic rings. The molecule has 0 saturated heterocycles. The van der Waals surface area contributed by atoms with Crippen molar-refractivity contribution in [2.75, 3.05) is 20.2 Å². The Kier molecular flexibility index (Phi) is 6.68. The number of hydrogen-bond acceptors (Lipinski definition) is 3. The van der Waals surface area contributed by atoms with Crippen molar-refractivity contribution in [2.45, 2.75) is 40.2 Å². The molecular weight excluding hydrogens is 280 g/mol. The van der Waals surface area contributed by atoms with E-state index in [0.29, 0.717) is 13.0 Å². The fourth-order valence-corrected chi connectivity index (χ4v) is 1.97. The van der Waals surface area contributed by atoms with Gasteiger partial charge < -0.3 is 20.5 Å². The van der Waals surface area contributed by atoms with Gasteiger partial charge in [0, 0.05) is 13.1 Å². The highest BCUT2D eigenvalue weighted by atomic mass is 16.5. The molecule has 1 atom stereocenters. The van der Waals surface area contributed by atoms with E-state index < -0.39 is 6.10 Å². The molecule has 0 fully saturated rings. The Morgan fingerprint density at radius 3 is 2.59 bits per heavy atom. The lowest BCUT2D eigenvalue weighted by molar-refractivity contribution is 0.0650. The monoisotopic (exact) mass is 308 g/mol. The first kappa shape index (κ1) is 18.3. The molecule has 1 rings (SSSR count). The topological polar surface area (TPSA) is 70.6 Å². The Bertz CT molecular complexity index is 495. The van der Waals surface area contributed by atoms with Gasteiger partial charge in [0.25, 0.3) is 0 Å². The molecule has 3 N–H and O–H groups in total. The molecule has 0 radical (unpaired) electrons. The van der Waals surface area contributed by atoms with Crippen LogP contribution < -0.4 is 15.4 Å². The molecule has 1 unspecified atom stereocenters. The van der Waals surface area contributed by atoms with Gasteiger partial charge in [-0.25, -0.2) is 4.79 Å². The molecule has 0 aliphatic heterocycles. The van der Waals surface area contributed by atoms with Gasteiger partial charge in [-0.05, 0) is 30.4 Å². The Morgan fingerprint density at radius 1 is 1.32 bits per heavy atom. The molecule has 5 heteroatoms. The van der Waals surface area contributed by atoms with E-state index in [1.807, 2.05) is 39.8 Å². The molecule has 0 bridgehead atoms. The number of aliphatic hydroxyl groups excluding tert-OH is 1. The molecule has 1 aromatic carbocycles. The second-order valence-corrected chi connectivity index (χ2v) is 6.58. The zero-order valence-electron chi connectivity index (χ0n) is 14.2. The van der Waals surface area contributed by atoms with E-state index in [1.54, 1.807) is 7.11 Å². The van der Waals surface area contributed by atoms with Crippen LogP contribution >= 0.6 is 0 Å². The van der Waals surface area contributed by atoms with Crippen LogP contribution in [0.15, 0.2) is 18.2 Å². The van der Waals surface area contributed by atoms with Crippen molar-refractivity contribution in [3.05, 3.63) is 29.3 Å². The van der Waals surface area contributed by atoms with E-state index in [9.17, 15) is 9.90 Å². The Morgan fingerprint density at radius 2 is 2.00 bits per heavy atom. The lowest BCUT2D eigenvalue weighted by atomic mass is 9.89. The van der Waals surface area contributed by atoms with E-state index in [-0.39, 0.29) is 18.0 Å². The normalized spacial score (nSPS) is 12.6. The lowest BCUT2D eigenvalue weighted by Crippen LogP contribution is -2.44. The van der Waals surface area contributed by atoms with Crippen LogP contribution in [0.1, 0.15) is 31.9 Å². The fraction of sp³-hybridized carbons (Fsp3) is 0.588. The van der Waals surface area contributed by atoms with Gasteiger partial charge in [-0.15, -0.1) is 0 Å². The van der Waals surface area contributed by atoms with Gasteiger partial charge in [0.1, 0.15) is 5.75 Å². The zero-order chi connectivity index (χ0) is 16.8. The number of carbonyl (C=O) groups excluding carboxylic acids is 1. The molecule has 0 spiro atoms. The molecule has 0 saturated carbocycles. The number of ether oxygens (including phenoxy) is 1. The number of hydrogen-bond donors (Lipinski definition) is 3. The summed E-state index contributed by atoms with van der Waals surface area (Å²) in [5, 5.41) is 15.4. The van der Waals surface area contributed by atoms with Gasteiger partial charge in [0.15, 0.2) is 0 Å². The average Bonchev–Trinajstić information content (AvgIpc) is 2.44. The quantitative estimate of drug-likeness (QED) is 0.755. The zero-order valence-corrected chi connectivity index (χ0v) is 14.2. The van der Waals surface area contributed by atoms with Crippen molar-refractivity contribution >= 4 is 6.03 Å². The first-order valence-corrected chi connectivity index (χ1v) is 7.57. The van der Waals surface area contributed by atoms with E-state index in [4.69, 9.17) is 4.74 Å². The van der Waals surface area contributed by atoms with Crippen LogP contribution in [-0.4, -0.2) is 37.4 Å². The van der Waals surface area contributed by atoms with Crippen LogP contribution in [0.4, 0.5) is 4.79 Å². The van der Waals surface area contributed by atoms with Gasteiger partial charge in [0.2, 0.25) is 0 Å². The maximum Gasteiger partial charge on any atom is 0.314 e. The van der Waals surface area contributed by atoms with Crippen LogP contribution in [0.3, 0.4) is 0 Å². The van der Waals surface area contributed by atoms with Crippen LogP contribution in [0.25, 0.3) is 0 Å². The SMILES string of the molecule is COc1ccc(C)cc1CCNC(=O)NCC(O)C(C)(C)C. The second kappa shape index (κ2) is 8.03. The molecule has 0 aliphatic carbocycles. The highest BCUT2D eigenvalue weighted by molar-refractivity contribution is 5.73. The van der Waals surface area contributed by atoms with Crippen molar-refractivity contribution in [2.24, 2.45) is 5.41 Å². The standard InChI is InChI=1S/C17H28N2O3/c1-12-6-7-14(22-5)13(10-12)8-9-18-16(21)19-11-15(20)17(2,3)4/h6-7,10,15,20H,8-9,11H2,1-5H3,(H2,18,19,21). The number of nitrogens with one attached hydrogen (secondary N) is 2. The molecule has 0 aromatic heterocycles. The Labute approximate surface area is 133 Å². The van der Waals surface area contributed by atoms with Crippen molar-refractivity contribution in [3.8, 4) is 5.75 Å². The molecule has 22 heavy (non-hydrogen) atoms. The fourth-order valence-electron chi connectivity index (χ4n) is 1.97. The van der Waals surface area contributed by atoms with Gasteiger partial charge in [-0.1, -0.05) is 38.5 Å². The highest BCUT2D eigenvalue weighted by Gasteiger charge is 2.22. The van der Waals surface area contributed by atoms with Crippen LogP contribution in [0.5, 0.6) is 5.75 Å².